The van der Waals surface area contributed by atoms with Gasteiger partial charge in [-0.15, -0.1) is 0 Å². The average molecular weight is 567 g/mol. The summed E-state index contributed by atoms with van der Waals surface area (Å²) in [4.78, 5) is 42.6. The van der Waals surface area contributed by atoms with E-state index in [1.165, 1.54) is 6.07 Å². The zero-order valence-corrected chi connectivity index (χ0v) is 23.5. The van der Waals surface area contributed by atoms with Crippen molar-refractivity contribution >= 4 is 23.2 Å². The molecular weight excluding hydrogens is 536 g/mol. The molecule has 0 radical (unpaired) electrons. The van der Waals surface area contributed by atoms with Gasteiger partial charge in [0.15, 0.2) is 0 Å². The van der Waals surface area contributed by atoms with Crippen LogP contribution in [0.15, 0.2) is 79.0 Å². The zero-order valence-electron chi connectivity index (χ0n) is 23.5. The van der Waals surface area contributed by atoms with Gasteiger partial charge >= 0.3 is 0 Å². The van der Waals surface area contributed by atoms with Crippen LogP contribution in [0.1, 0.15) is 46.1 Å². The quantitative estimate of drug-likeness (QED) is 0.207. The third-order valence-electron chi connectivity index (χ3n) is 7.93. The Morgan fingerprint density at radius 2 is 1.74 bits per heavy atom. The van der Waals surface area contributed by atoms with Crippen LogP contribution in [0, 0.1) is 17.0 Å². The minimum Gasteiger partial charge on any atom is -0.497 e. The van der Waals surface area contributed by atoms with Gasteiger partial charge in [-0.25, -0.2) is 0 Å². The van der Waals surface area contributed by atoms with Gasteiger partial charge in [0, 0.05) is 35.0 Å². The molecule has 2 aliphatic rings. The van der Waals surface area contributed by atoms with Gasteiger partial charge in [-0.3, -0.25) is 24.6 Å². The van der Waals surface area contributed by atoms with Gasteiger partial charge < -0.3 is 18.9 Å². The molecule has 1 aliphatic carbocycles. The molecule has 214 valence electrons. The fraction of sp³-hybridized carbons (Fsp3) is 0.250. The van der Waals surface area contributed by atoms with Crippen LogP contribution < -0.4 is 14.4 Å². The van der Waals surface area contributed by atoms with Crippen molar-refractivity contribution in [3.05, 3.63) is 111 Å². The van der Waals surface area contributed by atoms with E-state index in [4.69, 9.17) is 9.47 Å². The van der Waals surface area contributed by atoms with Gasteiger partial charge in [0.2, 0.25) is 5.91 Å². The van der Waals surface area contributed by atoms with E-state index >= 15 is 0 Å². The number of rotatable bonds is 8. The Morgan fingerprint density at radius 3 is 2.43 bits per heavy atom. The lowest BCUT2D eigenvalue weighted by Crippen LogP contribution is -2.47. The molecule has 10 heteroatoms. The molecule has 1 aromatic heterocycles. The summed E-state index contributed by atoms with van der Waals surface area (Å²) in [6, 6.07) is 20.8. The van der Waals surface area contributed by atoms with E-state index in [1.807, 2.05) is 54.7 Å². The van der Waals surface area contributed by atoms with Crippen LogP contribution in [0.5, 0.6) is 11.5 Å². The first kappa shape index (κ1) is 27.1. The molecule has 2 amide bonds. The first-order chi connectivity index (χ1) is 20.3. The van der Waals surface area contributed by atoms with Crippen molar-refractivity contribution in [3.8, 4) is 17.2 Å². The molecule has 6 rings (SSSR count). The number of amides is 2. The second-order valence-corrected chi connectivity index (χ2v) is 10.5. The van der Waals surface area contributed by atoms with E-state index in [0.29, 0.717) is 22.7 Å². The van der Waals surface area contributed by atoms with Crippen LogP contribution in [0.3, 0.4) is 0 Å². The Hall–Kier alpha value is -5.12. The minimum atomic E-state index is -0.580. The molecule has 1 fully saturated rings. The maximum absolute atomic E-state index is 14.5. The van der Waals surface area contributed by atoms with Gasteiger partial charge in [-0.05, 0) is 68.3 Å². The predicted molar refractivity (Wildman–Crippen MR) is 157 cm³/mol. The number of hydrogen-bond donors (Lipinski definition) is 0. The highest BCUT2D eigenvalue weighted by atomic mass is 16.6. The molecule has 3 aromatic carbocycles. The molecule has 4 aromatic rings. The number of para-hydroxylation sites is 2. The summed E-state index contributed by atoms with van der Waals surface area (Å²) >= 11 is 0. The zero-order chi connectivity index (χ0) is 29.5. The smallest absolute Gasteiger partial charge is 0.273 e. The first-order valence-corrected chi connectivity index (χ1v) is 13.7. The summed E-state index contributed by atoms with van der Waals surface area (Å²) in [5.74, 6) is 0.517. The van der Waals surface area contributed by atoms with E-state index in [0.717, 1.165) is 29.8 Å². The van der Waals surface area contributed by atoms with Crippen LogP contribution in [0.2, 0.25) is 0 Å². The molecule has 1 saturated carbocycles. The molecule has 1 aliphatic heterocycles. The van der Waals surface area contributed by atoms with Gasteiger partial charge in [0.05, 0.1) is 36.2 Å². The molecule has 0 N–H and O–H groups in total. The topological polar surface area (TPSA) is 107 Å². The molecular formula is C32H30N4O6. The Morgan fingerprint density at radius 1 is 0.976 bits per heavy atom. The van der Waals surface area contributed by atoms with E-state index in [9.17, 15) is 19.7 Å². The van der Waals surface area contributed by atoms with E-state index in [-0.39, 0.29) is 29.7 Å². The first-order valence-electron chi connectivity index (χ1n) is 13.7. The van der Waals surface area contributed by atoms with Crippen molar-refractivity contribution in [2.45, 2.75) is 31.8 Å². The number of carbonyl (C=O) groups excluding carboxylic acids is 2. The number of anilines is 1. The SMILES string of the molecule is COc1ccc(OC)c([C@H]2c3cccn3-c3ccccc3N2C(=O)CN(C(=O)c2ccc(C)c([N+](=O)[O-])c2)C2CC2)c1. The van der Waals surface area contributed by atoms with Gasteiger partial charge in [0.1, 0.15) is 24.1 Å². The summed E-state index contributed by atoms with van der Waals surface area (Å²) in [6.07, 6.45) is 3.49. The number of nitro benzene ring substituents is 1. The Labute approximate surface area is 242 Å². The van der Waals surface area contributed by atoms with Crippen molar-refractivity contribution in [2.75, 3.05) is 25.7 Å². The number of benzene rings is 3. The van der Waals surface area contributed by atoms with Crippen molar-refractivity contribution < 1.29 is 24.0 Å². The Bertz CT molecular complexity index is 1710. The number of methoxy groups -OCH3 is 2. The van der Waals surface area contributed by atoms with Gasteiger partial charge in [-0.2, -0.15) is 0 Å². The minimum absolute atomic E-state index is 0.115. The van der Waals surface area contributed by atoms with Gasteiger partial charge in [-0.1, -0.05) is 18.2 Å². The van der Waals surface area contributed by atoms with Crippen LogP contribution in [0.25, 0.3) is 5.69 Å². The number of nitro groups is 1. The maximum Gasteiger partial charge on any atom is 0.273 e. The normalized spacial score (nSPS) is 15.4. The van der Waals surface area contributed by atoms with Crippen molar-refractivity contribution in [2.24, 2.45) is 0 Å². The number of aromatic nitrogens is 1. The maximum atomic E-state index is 14.5. The van der Waals surface area contributed by atoms with E-state index < -0.39 is 16.9 Å². The summed E-state index contributed by atoms with van der Waals surface area (Å²) in [5.41, 5.74) is 3.64. The summed E-state index contributed by atoms with van der Waals surface area (Å²) in [5, 5.41) is 11.6. The van der Waals surface area contributed by atoms with Crippen LogP contribution in [-0.2, 0) is 4.79 Å². The third-order valence-corrected chi connectivity index (χ3v) is 7.93. The Balaban J connectivity index is 1.43. The number of ether oxygens (including phenoxy) is 2. The number of fused-ring (bicyclic) bond motifs is 3. The standard InChI is InChI=1S/C32H30N4O6/c1-20-10-11-21(17-28(20)36(39)40)32(38)34(22-12-13-22)19-30(37)35-26-8-5-4-7-25(26)33-16-6-9-27(33)31(35)24-18-23(41-2)14-15-29(24)42-3/h4-11,14-18,22,31H,12-13,19H2,1-3H3/t31-/m0/s1. The molecule has 0 bridgehead atoms. The summed E-state index contributed by atoms with van der Waals surface area (Å²) in [7, 11) is 3.17. The number of nitrogens with zero attached hydrogens (tertiary/aromatic N) is 4. The fourth-order valence-electron chi connectivity index (χ4n) is 5.69. The van der Waals surface area contributed by atoms with Crippen molar-refractivity contribution in [3.63, 3.8) is 0 Å². The predicted octanol–water partition coefficient (Wildman–Crippen LogP) is 5.45. The van der Waals surface area contributed by atoms with Crippen molar-refractivity contribution in [1.82, 2.24) is 9.47 Å². The third kappa shape index (κ3) is 4.64. The second kappa shape index (κ2) is 10.7. The number of hydrogen-bond acceptors (Lipinski definition) is 6. The summed E-state index contributed by atoms with van der Waals surface area (Å²) < 4.78 is 13.3. The van der Waals surface area contributed by atoms with Crippen LogP contribution in [-0.4, -0.2) is 53.0 Å². The number of aryl methyl sites for hydroxylation is 1. The monoisotopic (exact) mass is 566 g/mol. The Kier molecular flexibility index (Phi) is 6.89. The fourth-order valence-corrected chi connectivity index (χ4v) is 5.69. The lowest BCUT2D eigenvalue weighted by molar-refractivity contribution is -0.385. The summed E-state index contributed by atoms with van der Waals surface area (Å²) in [6.45, 7) is 1.44. The van der Waals surface area contributed by atoms with Crippen LogP contribution in [0.4, 0.5) is 11.4 Å². The number of carbonyl (C=O) groups is 2. The molecule has 42 heavy (non-hydrogen) atoms. The molecule has 0 unspecified atom stereocenters. The molecule has 2 heterocycles. The molecule has 0 saturated heterocycles. The molecule has 1 atom stereocenters. The van der Waals surface area contributed by atoms with E-state index in [2.05, 4.69) is 4.57 Å². The lowest BCUT2D eigenvalue weighted by Gasteiger charge is -2.40. The van der Waals surface area contributed by atoms with Gasteiger partial charge in [0.25, 0.3) is 11.6 Å². The van der Waals surface area contributed by atoms with E-state index in [1.54, 1.807) is 49.1 Å². The highest BCUT2D eigenvalue weighted by molar-refractivity contribution is 6.03. The highest BCUT2D eigenvalue weighted by Crippen LogP contribution is 2.45. The highest BCUT2D eigenvalue weighted by Gasteiger charge is 2.41. The second-order valence-electron chi connectivity index (χ2n) is 10.5. The van der Waals surface area contributed by atoms with Crippen molar-refractivity contribution in [1.29, 1.82) is 0 Å². The average Bonchev–Trinajstić information content (AvgIpc) is 3.73. The largest absolute Gasteiger partial charge is 0.497 e. The molecule has 10 nitrogen and oxygen atoms in total. The lowest BCUT2D eigenvalue weighted by atomic mass is 9.96. The molecule has 0 spiro atoms. The van der Waals surface area contributed by atoms with Crippen LogP contribution >= 0.6 is 0 Å².